The van der Waals surface area contributed by atoms with Gasteiger partial charge in [-0.1, -0.05) is 36.4 Å². The molecule has 30 heavy (non-hydrogen) atoms. The molecule has 2 unspecified atom stereocenters. The van der Waals surface area contributed by atoms with Crippen LogP contribution in [-0.2, 0) is 0 Å². The van der Waals surface area contributed by atoms with Crippen molar-refractivity contribution in [2.75, 3.05) is 13.2 Å². The van der Waals surface area contributed by atoms with E-state index in [1.165, 1.54) is 12.1 Å². The van der Waals surface area contributed by atoms with Gasteiger partial charge in [0.25, 0.3) is 5.91 Å². The van der Waals surface area contributed by atoms with Gasteiger partial charge in [-0.2, -0.15) is 0 Å². The van der Waals surface area contributed by atoms with Gasteiger partial charge in [0.15, 0.2) is 0 Å². The minimum atomic E-state index is -0.393. The van der Waals surface area contributed by atoms with E-state index in [4.69, 9.17) is 4.74 Å². The second-order valence-corrected chi connectivity index (χ2v) is 7.64. The predicted octanol–water partition coefficient (Wildman–Crippen LogP) is 4.60. The van der Waals surface area contributed by atoms with Gasteiger partial charge < -0.3 is 9.64 Å². The van der Waals surface area contributed by atoms with Crippen LogP contribution >= 0.6 is 0 Å². The number of nitrogens with zero attached hydrogens (tertiary/aromatic N) is 3. The molecule has 6 heteroatoms. The summed E-state index contributed by atoms with van der Waals surface area (Å²) < 4.78 is 18.7. The third kappa shape index (κ3) is 4.48. The van der Waals surface area contributed by atoms with E-state index in [0.717, 1.165) is 30.2 Å². The predicted molar refractivity (Wildman–Crippen MR) is 113 cm³/mol. The number of hydrogen-bond donors (Lipinski definition) is 0. The Morgan fingerprint density at radius 1 is 1.10 bits per heavy atom. The van der Waals surface area contributed by atoms with E-state index in [2.05, 4.69) is 16.9 Å². The highest BCUT2D eigenvalue weighted by atomic mass is 19.1. The molecule has 0 spiro atoms. The Kier molecular flexibility index (Phi) is 6.02. The Hall–Kier alpha value is -3.28. The number of hydrogen-bond acceptors (Lipinski definition) is 4. The summed E-state index contributed by atoms with van der Waals surface area (Å²) in [6.07, 6.45) is 4.65. The summed E-state index contributed by atoms with van der Waals surface area (Å²) >= 11 is 0. The Morgan fingerprint density at radius 2 is 1.93 bits per heavy atom. The maximum absolute atomic E-state index is 13.4. The van der Waals surface area contributed by atoms with Gasteiger partial charge >= 0.3 is 0 Å². The van der Waals surface area contributed by atoms with Crippen molar-refractivity contribution in [1.29, 1.82) is 0 Å². The van der Waals surface area contributed by atoms with Crippen molar-refractivity contribution < 1.29 is 13.9 Å². The van der Waals surface area contributed by atoms with E-state index in [0.29, 0.717) is 24.7 Å². The van der Waals surface area contributed by atoms with Crippen LogP contribution in [0.3, 0.4) is 0 Å². The number of carbonyl (C=O) groups is 1. The number of aromatic nitrogens is 2. The summed E-state index contributed by atoms with van der Waals surface area (Å²) in [6, 6.07) is 16.6. The lowest BCUT2D eigenvalue weighted by Crippen LogP contribution is -2.47. The van der Waals surface area contributed by atoms with Crippen molar-refractivity contribution >= 4 is 5.91 Å². The van der Waals surface area contributed by atoms with Crippen LogP contribution in [0.1, 0.15) is 30.3 Å². The number of pyridine rings is 2. The smallest absolute Gasteiger partial charge is 0.273 e. The number of benzene rings is 1. The first-order valence-corrected chi connectivity index (χ1v) is 10.2. The minimum absolute atomic E-state index is 0.0634. The van der Waals surface area contributed by atoms with Crippen molar-refractivity contribution in [2.45, 2.75) is 25.8 Å². The van der Waals surface area contributed by atoms with Crippen molar-refractivity contribution in [2.24, 2.45) is 5.92 Å². The molecule has 0 aliphatic carbocycles. The van der Waals surface area contributed by atoms with E-state index in [-0.39, 0.29) is 17.9 Å². The van der Waals surface area contributed by atoms with E-state index in [1.54, 1.807) is 6.20 Å². The first kappa shape index (κ1) is 20.0. The first-order valence-electron chi connectivity index (χ1n) is 10.2. The monoisotopic (exact) mass is 405 g/mol. The van der Waals surface area contributed by atoms with E-state index in [9.17, 15) is 9.18 Å². The second kappa shape index (κ2) is 9.03. The zero-order valence-electron chi connectivity index (χ0n) is 16.9. The van der Waals surface area contributed by atoms with Crippen molar-refractivity contribution in [1.82, 2.24) is 14.9 Å². The maximum atomic E-state index is 13.4. The molecular weight excluding hydrogens is 381 g/mol. The fourth-order valence-electron chi connectivity index (χ4n) is 3.81. The van der Waals surface area contributed by atoms with Gasteiger partial charge in [0.05, 0.1) is 12.8 Å². The SMILES string of the molecule is CC1CCC(COc2ccc(F)cn2)CN1C(=O)c1ncccc1-c1ccccc1. The quantitative estimate of drug-likeness (QED) is 0.622. The molecule has 2 aromatic heterocycles. The fourth-order valence-corrected chi connectivity index (χ4v) is 3.81. The average Bonchev–Trinajstić information content (AvgIpc) is 2.80. The number of ether oxygens (including phenoxy) is 1. The number of carbonyl (C=O) groups excluding carboxylic acids is 1. The molecule has 5 nitrogen and oxygen atoms in total. The number of amides is 1. The minimum Gasteiger partial charge on any atom is -0.477 e. The topological polar surface area (TPSA) is 55.3 Å². The standard InChI is InChI=1S/C24H24FN3O2/c1-17-9-10-18(16-30-22-12-11-20(25)14-27-22)15-28(17)24(29)23-21(8-5-13-26-23)19-6-3-2-4-7-19/h2-8,11-14,17-18H,9-10,15-16H2,1H3. The molecular formula is C24H24FN3O2. The van der Waals surface area contributed by atoms with Gasteiger partial charge in [-0.25, -0.2) is 9.37 Å². The molecule has 1 aliphatic heterocycles. The van der Waals surface area contributed by atoms with Crippen molar-refractivity contribution in [3.05, 3.63) is 78.5 Å². The Labute approximate surface area is 175 Å². The lowest BCUT2D eigenvalue weighted by molar-refractivity contribution is 0.0497. The van der Waals surface area contributed by atoms with Crippen molar-refractivity contribution in [3.63, 3.8) is 0 Å². The molecule has 2 atom stereocenters. The van der Waals surface area contributed by atoms with Crippen LogP contribution in [0.4, 0.5) is 4.39 Å². The fraction of sp³-hybridized carbons (Fsp3) is 0.292. The molecule has 1 aromatic carbocycles. The van der Waals surface area contributed by atoms with Crippen LogP contribution in [0.5, 0.6) is 5.88 Å². The van der Waals surface area contributed by atoms with Crippen LogP contribution in [-0.4, -0.2) is 40.0 Å². The zero-order chi connectivity index (χ0) is 20.9. The Morgan fingerprint density at radius 3 is 2.70 bits per heavy atom. The zero-order valence-corrected chi connectivity index (χ0v) is 16.9. The van der Waals surface area contributed by atoms with Crippen LogP contribution in [0.2, 0.25) is 0 Å². The largest absolute Gasteiger partial charge is 0.477 e. The van der Waals surface area contributed by atoms with Crippen LogP contribution in [0.25, 0.3) is 11.1 Å². The highest BCUT2D eigenvalue weighted by molar-refractivity contribution is 5.99. The van der Waals surface area contributed by atoms with Gasteiger partial charge in [0.1, 0.15) is 11.5 Å². The molecule has 3 heterocycles. The third-order valence-electron chi connectivity index (χ3n) is 5.50. The number of likely N-dealkylation sites (tertiary alicyclic amines) is 1. The Balaban J connectivity index is 1.49. The molecule has 0 bridgehead atoms. The molecule has 0 saturated carbocycles. The highest BCUT2D eigenvalue weighted by Crippen LogP contribution is 2.28. The first-order chi connectivity index (χ1) is 14.6. The molecule has 1 amide bonds. The summed E-state index contributed by atoms with van der Waals surface area (Å²) in [5.74, 6) is 0.117. The van der Waals surface area contributed by atoms with Gasteiger partial charge in [-0.05, 0) is 37.5 Å². The molecule has 4 rings (SSSR count). The average molecular weight is 405 g/mol. The third-order valence-corrected chi connectivity index (χ3v) is 5.50. The van der Waals surface area contributed by atoms with E-state index < -0.39 is 5.82 Å². The van der Waals surface area contributed by atoms with Gasteiger partial charge in [-0.3, -0.25) is 9.78 Å². The number of halogens is 1. The molecule has 0 N–H and O–H groups in total. The molecule has 1 saturated heterocycles. The second-order valence-electron chi connectivity index (χ2n) is 7.64. The Bertz CT molecular complexity index is 995. The molecule has 3 aromatic rings. The van der Waals surface area contributed by atoms with Crippen LogP contribution in [0, 0.1) is 11.7 Å². The van der Waals surface area contributed by atoms with E-state index in [1.807, 2.05) is 47.4 Å². The molecule has 154 valence electrons. The summed E-state index contributed by atoms with van der Waals surface area (Å²) in [6.45, 7) is 3.09. The summed E-state index contributed by atoms with van der Waals surface area (Å²) in [5.41, 5.74) is 2.28. The lowest BCUT2D eigenvalue weighted by Gasteiger charge is -2.38. The van der Waals surface area contributed by atoms with Crippen molar-refractivity contribution in [3.8, 4) is 17.0 Å². The van der Waals surface area contributed by atoms with Gasteiger partial charge in [-0.15, -0.1) is 0 Å². The highest BCUT2D eigenvalue weighted by Gasteiger charge is 2.31. The maximum Gasteiger partial charge on any atom is 0.273 e. The van der Waals surface area contributed by atoms with Gasteiger partial charge in [0, 0.05) is 36.3 Å². The van der Waals surface area contributed by atoms with Gasteiger partial charge in [0.2, 0.25) is 5.88 Å². The van der Waals surface area contributed by atoms with Crippen LogP contribution < -0.4 is 4.74 Å². The summed E-state index contributed by atoms with van der Waals surface area (Å²) in [4.78, 5) is 23.7. The number of piperidine rings is 1. The number of rotatable bonds is 5. The van der Waals surface area contributed by atoms with E-state index >= 15 is 0 Å². The lowest BCUT2D eigenvalue weighted by atomic mass is 9.93. The van der Waals surface area contributed by atoms with Crippen LogP contribution in [0.15, 0.2) is 67.0 Å². The molecule has 0 radical (unpaired) electrons. The summed E-state index contributed by atoms with van der Waals surface area (Å²) in [5, 5.41) is 0. The molecule has 1 fully saturated rings. The normalized spacial score (nSPS) is 18.8. The summed E-state index contributed by atoms with van der Waals surface area (Å²) in [7, 11) is 0. The molecule has 1 aliphatic rings.